The van der Waals surface area contributed by atoms with Gasteiger partial charge in [-0.15, -0.1) is 0 Å². The van der Waals surface area contributed by atoms with Crippen LogP contribution in [0.15, 0.2) is 24.3 Å². The molecule has 2 unspecified atom stereocenters. The Morgan fingerprint density at radius 2 is 1.92 bits per heavy atom. The molecule has 130 valence electrons. The summed E-state index contributed by atoms with van der Waals surface area (Å²) < 4.78 is 0.339. The highest BCUT2D eigenvalue weighted by molar-refractivity contribution is 9.10. The van der Waals surface area contributed by atoms with Gasteiger partial charge in [0.15, 0.2) is 0 Å². The molecule has 4 aliphatic rings. The molecule has 0 radical (unpaired) electrons. The molecule has 0 saturated heterocycles. The Bertz CT molecular complexity index is 655. The van der Waals surface area contributed by atoms with Gasteiger partial charge in [0.1, 0.15) is 5.75 Å². The van der Waals surface area contributed by atoms with Crippen molar-refractivity contribution >= 4 is 21.8 Å². The number of phenols is 1. The lowest BCUT2D eigenvalue weighted by Gasteiger charge is -2.58. The van der Waals surface area contributed by atoms with Crippen molar-refractivity contribution in [2.45, 2.75) is 61.7 Å². The Kier molecular flexibility index (Phi) is 3.76. The molecule has 4 saturated carbocycles. The predicted molar refractivity (Wildman–Crippen MR) is 98.3 cm³/mol. The predicted octanol–water partition coefficient (Wildman–Crippen LogP) is 4.13. The van der Waals surface area contributed by atoms with E-state index in [1.807, 2.05) is 19.9 Å². The maximum atomic E-state index is 13.0. The Morgan fingerprint density at radius 1 is 1.25 bits per heavy atom. The van der Waals surface area contributed by atoms with Crippen molar-refractivity contribution in [2.75, 3.05) is 0 Å². The molecule has 5 rings (SSSR count). The molecule has 2 N–H and O–H groups in total. The summed E-state index contributed by atoms with van der Waals surface area (Å²) >= 11 is 3.99. The van der Waals surface area contributed by atoms with Crippen molar-refractivity contribution in [1.29, 1.82) is 0 Å². The van der Waals surface area contributed by atoms with Crippen LogP contribution in [0.2, 0.25) is 0 Å². The zero-order valence-electron chi connectivity index (χ0n) is 14.4. The van der Waals surface area contributed by atoms with E-state index in [-0.39, 0.29) is 11.7 Å². The normalized spacial score (nSPS) is 37.5. The summed E-state index contributed by atoms with van der Waals surface area (Å²) in [5.41, 5.74) is 0.222. The first-order valence-corrected chi connectivity index (χ1v) is 9.85. The van der Waals surface area contributed by atoms with Gasteiger partial charge in [0, 0.05) is 10.4 Å². The number of rotatable bonds is 3. The van der Waals surface area contributed by atoms with Crippen LogP contribution in [0, 0.1) is 17.8 Å². The molecule has 4 heteroatoms. The van der Waals surface area contributed by atoms with Gasteiger partial charge < -0.3 is 10.4 Å². The van der Waals surface area contributed by atoms with Crippen molar-refractivity contribution in [3.8, 4) is 5.75 Å². The van der Waals surface area contributed by atoms with E-state index in [0.717, 1.165) is 11.5 Å². The van der Waals surface area contributed by atoms with Gasteiger partial charge in [-0.05, 0) is 81.4 Å². The zero-order chi connectivity index (χ0) is 17.1. The van der Waals surface area contributed by atoms with Crippen LogP contribution in [0.3, 0.4) is 0 Å². The van der Waals surface area contributed by atoms with Crippen molar-refractivity contribution < 1.29 is 9.90 Å². The fourth-order valence-corrected chi connectivity index (χ4v) is 6.81. The lowest BCUT2D eigenvalue weighted by Crippen LogP contribution is -2.61. The number of hydrogen-bond donors (Lipinski definition) is 2. The third kappa shape index (κ3) is 2.67. The van der Waals surface area contributed by atoms with Crippen molar-refractivity contribution in [3.63, 3.8) is 0 Å². The average Bonchev–Trinajstić information content (AvgIpc) is 2.49. The zero-order valence-corrected chi connectivity index (χ0v) is 16.0. The topological polar surface area (TPSA) is 49.3 Å². The monoisotopic (exact) mass is 391 g/mol. The summed E-state index contributed by atoms with van der Waals surface area (Å²) in [5, 5.41) is 13.1. The molecule has 1 aromatic rings. The minimum atomic E-state index is -0.639. The fraction of sp³-hybridized carbons (Fsp3) is 0.650. The summed E-state index contributed by atoms with van der Waals surface area (Å²) in [6, 6.07) is 7.38. The molecule has 24 heavy (non-hydrogen) atoms. The number of amides is 1. The van der Waals surface area contributed by atoms with E-state index in [9.17, 15) is 9.90 Å². The molecule has 3 nitrogen and oxygen atoms in total. The van der Waals surface area contributed by atoms with Crippen molar-refractivity contribution in [1.82, 2.24) is 5.32 Å². The smallest absolute Gasteiger partial charge is 0.230 e. The van der Waals surface area contributed by atoms with Crippen LogP contribution >= 0.6 is 15.9 Å². The summed E-state index contributed by atoms with van der Waals surface area (Å²) in [5.74, 6) is 2.35. The molecule has 4 fully saturated rings. The van der Waals surface area contributed by atoms with Crippen LogP contribution in [0.4, 0.5) is 0 Å². The number of hydrogen-bond acceptors (Lipinski definition) is 2. The maximum Gasteiger partial charge on any atom is 0.230 e. The van der Waals surface area contributed by atoms with Crippen LogP contribution in [0.25, 0.3) is 0 Å². The number of carbonyl (C=O) groups excluding carboxylic acids is 1. The minimum absolute atomic E-state index is 0.0780. The minimum Gasteiger partial charge on any atom is -0.508 e. The number of carbonyl (C=O) groups is 1. The fourth-order valence-electron chi connectivity index (χ4n) is 5.52. The maximum absolute atomic E-state index is 13.0. The Hall–Kier alpha value is -1.03. The second kappa shape index (κ2) is 5.48. The second-order valence-electron chi connectivity index (χ2n) is 8.80. The summed E-state index contributed by atoms with van der Waals surface area (Å²) in [7, 11) is 0. The average molecular weight is 392 g/mol. The van der Waals surface area contributed by atoms with Crippen molar-refractivity contribution in [3.05, 3.63) is 29.8 Å². The van der Waals surface area contributed by atoms with Crippen molar-refractivity contribution in [2.24, 2.45) is 17.8 Å². The van der Waals surface area contributed by atoms with Gasteiger partial charge in [-0.3, -0.25) is 4.79 Å². The third-order valence-electron chi connectivity index (χ3n) is 6.63. The van der Waals surface area contributed by atoms with Gasteiger partial charge in [-0.1, -0.05) is 28.1 Å². The molecule has 0 aliphatic heterocycles. The Morgan fingerprint density at radius 3 is 2.50 bits per heavy atom. The lowest BCUT2D eigenvalue weighted by atomic mass is 9.54. The number of alkyl halides is 1. The standard InChI is InChI=1S/C20H26BrNO2/c1-19(2,15-4-3-5-16(23)8-15)18(24)22-17-13-6-12-7-14(17)11-20(21,9-12)10-13/h3-5,8,12-14,17,23H,6-7,9-11H2,1-2H3,(H,22,24)/t12?,13?,14?,17-,20-. The van der Waals surface area contributed by atoms with E-state index in [1.54, 1.807) is 18.2 Å². The molecule has 0 aromatic heterocycles. The molecule has 1 aromatic carbocycles. The van der Waals surface area contributed by atoms with Gasteiger partial charge in [0.05, 0.1) is 5.41 Å². The number of halogens is 1. The lowest BCUT2D eigenvalue weighted by molar-refractivity contribution is -0.129. The number of nitrogens with one attached hydrogen (secondary N) is 1. The van der Waals surface area contributed by atoms with E-state index in [4.69, 9.17) is 0 Å². The molecule has 4 bridgehead atoms. The highest BCUT2D eigenvalue weighted by atomic mass is 79.9. The van der Waals surface area contributed by atoms with Crippen LogP contribution in [-0.2, 0) is 10.2 Å². The number of benzene rings is 1. The molecule has 4 aliphatic carbocycles. The first kappa shape index (κ1) is 16.4. The van der Waals surface area contributed by atoms with E-state index in [1.165, 1.54) is 32.1 Å². The summed E-state index contributed by atoms with van der Waals surface area (Å²) in [4.78, 5) is 13.0. The largest absolute Gasteiger partial charge is 0.508 e. The first-order valence-electron chi connectivity index (χ1n) is 9.06. The first-order chi connectivity index (χ1) is 11.3. The molecule has 0 spiro atoms. The van der Waals surface area contributed by atoms with Gasteiger partial charge in [-0.25, -0.2) is 0 Å². The van der Waals surface area contributed by atoms with Crippen LogP contribution in [-0.4, -0.2) is 21.4 Å². The Balaban J connectivity index is 1.52. The van der Waals surface area contributed by atoms with Crippen LogP contribution in [0.1, 0.15) is 51.5 Å². The molecular formula is C20H26BrNO2. The second-order valence-corrected chi connectivity index (χ2v) is 10.5. The van der Waals surface area contributed by atoms with E-state index < -0.39 is 5.41 Å². The van der Waals surface area contributed by atoms with Gasteiger partial charge in [-0.2, -0.15) is 0 Å². The van der Waals surface area contributed by atoms with Gasteiger partial charge in [0.25, 0.3) is 0 Å². The number of phenolic OH excluding ortho intramolecular Hbond substituents is 1. The van der Waals surface area contributed by atoms with Gasteiger partial charge >= 0.3 is 0 Å². The Labute approximate surface area is 152 Å². The van der Waals surface area contributed by atoms with E-state index >= 15 is 0 Å². The number of aromatic hydroxyl groups is 1. The van der Waals surface area contributed by atoms with E-state index in [0.29, 0.717) is 22.2 Å². The van der Waals surface area contributed by atoms with Crippen LogP contribution in [0.5, 0.6) is 5.75 Å². The molecular weight excluding hydrogens is 366 g/mol. The summed E-state index contributed by atoms with van der Waals surface area (Å²) in [6.45, 7) is 3.89. The van der Waals surface area contributed by atoms with E-state index in [2.05, 4.69) is 21.2 Å². The molecule has 1 amide bonds. The SMILES string of the molecule is CC(C)(C(=O)N[C@H]1C2CC3CC1C[C@](Br)(C3)C2)c1cccc(O)c1. The highest BCUT2D eigenvalue weighted by Gasteiger charge is 2.55. The van der Waals surface area contributed by atoms with Crippen LogP contribution < -0.4 is 5.32 Å². The quantitative estimate of drug-likeness (QED) is 0.760. The highest BCUT2D eigenvalue weighted by Crippen LogP contribution is 2.59. The molecule has 2 atom stereocenters. The third-order valence-corrected chi connectivity index (χ3v) is 7.60. The summed E-state index contributed by atoms with van der Waals surface area (Å²) in [6.07, 6.45) is 6.23. The van der Waals surface area contributed by atoms with Gasteiger partial charge in [0.2, 0.25) is 5.91 Å². The molecule has 0 heterocycles.